The van der Waals surface area contributed by atoms with Crippen LogP contribution in [0.25, 0.3) is 0 Å². The second-order valence-corrected chi connectivity index (χ2v) is 18.8. The fourth-order valence-electron chi connectivity index (χ4n) is 11.2. The Balaban J connectivity index is 1.23. The van der Waals surface area contributed by atoms with Crippen molar-refractivity contribution in [2.45, 2.75) is 81.3 Å². The predicted molar refractivity (Wildman–Crippen MR) is 188 cm³/mol. The number of hydrogen-bond donors (Lipinski definition) is 2. The molecule has 2 bridgehead atoms. The van der Waals surface area contributed by atoms with E-state index in [1.54, 1.807) is 17.5 Å². The smallest absolute Gasteiger partial charge is 0.252 e. The number of thiophene rings is 1. The molecule has 9 rings (SSSR count). The lowest BCUT2D eigenvalue weighted by Gasteiger charge is -2.71. The molecule has 8 heteroatoms. The molecule has 3 saturated carbocycles. The van der Waals surface area contributed by atoms with Crippen LogP contribution in [-0.4, -0.2) is 47.0 Å². The largest absolute Gasteiger partial charge is 0.393 e. The molecule has 2 aromatic carbocycles. The van der Waals surface area contributed by atoms with Crippen LogP contribution < -0.4 is 0 Å². The first-order valence-corrected chi connectivity index (χ1v) is 19.7. The van der Waals surface area contributed by atoms with Crippen LogP contribution in [-0.2, 0) is 16.6 Å². The summed E-state index contributed by atoms with van der Waals surface area (Å²) in [4.78, 5) is 14.7. The third-order valence-electron chi connectivity index (χ3n) is 13.7. The average molecular weight is 684 g/mol. The lowest BCUT2D eigenvalue weighted by molar-refractivity contribution is -0.173. The van der Waals surface area contributed by atoms with Crippen molar-refractivity contribution in [3.8, 4) is 0 Å². The molecule has 0 radical (unpaired) electrons. The summed E-state index contributed by atoms with van der Waals surface area (Å²) in [6.07, 6.45) is 11.4. The van der Waals surface area contributed by atoms with E-state index in [0.717, 1.165) is 36.8 Å². The molecule has 6 aliphatic carbocycles. The van der Waals surface area contributed by atoms with Crippen LogP contribution in [0.1, 0.15) is 74.7 Å². The van der Waals surface area contributed by atoms with Gasteiger partial charge in [0.15, 0.2) is 5.78 Å². The third-order valence-corrected chi connectivity index (χ3v) is 16.9. The highest BCUT2D eigenvalue weighted by Crippen LogP contribution is 2.78. The van der Waals surface area contributed by atoms with Crippen molar-refractivity contribution in [2.75, 3.05) is 6.54 Å². The van der Waals surface area contributed by atoms with Gasteiger partial charge in [0.05, 0.1) is 11.7 Å². The number of sulfonamides is 1. The minimum atomic E-state index is -3.89. The molecule has 3 fully saturated rings. The van der Waals surface area contributed by atoms with Gasteiger partial charge in [0.25, 0.3) is 10.0 Å². The number of carbonyl (C=O) groups excluding carboxylic acids is 1. The molecule has 3 aromatic rings. The Morgan fingerprint density at radius 3 is 2.25 bits per heavy atom. The van der Waals surface area contributed by atoms with Gasteiger partial charge in [-0.3, -0.25) is 4.79 Å². The number of aliphatic hydroxyl groups is 2. The Morgan fingerprint density at radius 2 is 1.54 bits per heavy atom. The predicted octanol–water partition coefficient (Wildman–Crippen LogP) is 7.41. The molecule has 252 valence electrons. The average Bonchev–Trinajstić information content (AvgIpc) is 3.72. The molecule has 0 aliphatic heterocycles. The topological polar surface area (TPSA) is 94.9 Å². The van der Waals surface area contributed by atoms with Gasteiger partial charge < -0.3 is 10.2 Å². The van der Waals surface area contributed by atoms with Gasteiger partial charge in [0.1, 0.15) is 4.21 Å². The standard InChI is InChI=1S/C40H45NO5S2/c1-36-18-15-30(42)24-38(36)21-22-40(31(25-38)35(43)29-12-7-4-8-13-29)32(36)16-19-37(2)33(40)17-20-39(37,44)27-41(26-28-10-5-3-6-11-28)48(45,46)34-14-9-23-47-34/h3-14,21-23,25,30,32-33,42,44H,15-20,24,26-27H2,1-2H3/t30?,32-,33-,36-,37+,38+,39-,40-/m1/s1. The molecule has 1 unspecified atom stereocenters. The lowest BCUT2D eigenvalue weighted by atomic mass is 9.32. The highest BCUT2D eigenvalue weighted by molar-refractivity contribution is 7.91. The number of nitrogens with zero attached hydrogens (tertiary/aromatic N) is 1. The number of allylic oxidation sites excluding steroid dienone is 4. The van der Waals surface area contributed by atoms with Gasteiger partial charge in [-0.15, -0.1) is 11.3 Å². The van der Waals surface area contributed by atoms with Gasteiger partial charge in [-0.05, 0) is 79.2 Å². The van der Waals surface area contributed by atoms with E-state index in [-0.39, 0.29) is 40.3 Å². The third kappa shape index (κ3) is 4.38. The van der Waals surface area contributed by atoms with E-state index >= 15 is 0 Å². The molecular weight excluding hydrogens is 639 g/mol. The molecule has 1 heterocycles. The summed E-state index contributed by atoms with van der Waals surface area (Å²) >= 11 is 1.20. The maximum absolute atomic E-state index is 14.7. The normalized spacial score (nSPS) is 38.3. The molecule has 6 nitrogen and oxygen atoms in total. The molecule has 1 aromatic heterocycles. The zero-order chi connectivity index (χ0) is 33.6. The zero-order valence-electron chi connectivity index (χ0n) is 27.7. The van der Waals surface area contributed by atoms with E-state index in [4.69, 9.17) is 0 Å². The molecule has 0 saturated heterocycles. The summed E-state index contributed by atoms with van der Waals surface area (Å²) < 4.78 is 30.2. The lowest BCUT2D eigenvalue weighted by Crippen LogP contribution is -2.67. The Morgan fingerprint density at radius 1 is 0.875 bits per heavy atom. The molecular formula is C40H45NO5S2. The fraction of sp³-hybridized carbons (Fsp3) is 0.475. The number of carbonyl (C=O) groups is 1. The number of ketones is 1. The van der Waals surface area contributed by atoms with Crippen molar-refractivity contribution in [3.63, 3.8) is 0 Å². The van der Waals surface area contributed by atoms with E-state index in [1.807, 2.05) is 60.7 Å². The molecule has 0 amide bonds. The summed E-state index contributed by atoms with van der Waals surface area (Å²) in [6, 6.07) is 22.5. The summed E-state index contributed by atoms with van der Waals surface area (Å²) in [6.45, 7) is 4.69. The van der Waals surface area contributed by atoms with Crippen molar-refractivity contribution < 1.29 is 23.4 Å². The van der Waals surface area contributed by atoms with Crippen LogP contribution >= 0.6 is 11.3 Å². The summed E-state index contributed by atoms with van der Waals surface area (Å²) in [5.41, 5.74) is -0.754. The van der Waals surface area contributed by atoms with E-state index in [9.17, 15) is 23.4 Å². The first kappa shape index (κ1) is 32.3. The summed E-state index contributed by atoms with van der Waals surface area (Å²) in [7, 11) is -3.89. The molecule has 8 atom stereocenters. The van der Waals surface area contributed by atoms with Crippen molar-refractivity contribution >= 4 is 27.1 Å². The van der Waals surface area contributed by atoms with Crippen molar-refractivity contribution in [1.82, 2.24) is 4.31 Å². The zero-order valence-corrected chi connectivity index (χ0v) is 29.3. The van der Waals surface area contributed by atoms with Gasteiger partial charge in [-0.25, -0.2) is 8.42 Å². The van der Waals surface area contributed by atoms with E-state index in [2.05, 4.69) is 32.1 Å². The number of aliphatic hydroxyl groups excluding tert-OH is 1. The Bertz CT molecular complexity index is 1890. The first-order valence-electron chi connectivity index (χ1n) is 17.4. The fourth-order valence-corrected chi connectivity index (χ4v) is 13.8. The Hall–Kier alpha value is -2.88. The maximum Gasteiger partial charge on any atom is 0.252 e. The van der Waals surface area contributed by atoms with Gasteiger partial charge in [0.2, 0.25) is 0 Å². The quantitative estimate of drug-likeness (QED) is 0.191. The highest BCUT2D eigenvalue weighted by atomic mass is 32.2. The number of Topliss-reactive ketones (excluding diaryl/α,β-unsaturated/α-hetero) is 1. The second kappa shape index (κ2) is 11.1. The van der Waals surface area contributed by atoms with Gasteiger partial charge in [-0.1, -0.05) is 98.8 Å². The Kier molecular flexibility index (Phi) is 7.45. The van der Waals surface area contributed by atoms with E-state index in [1.165, 1.54) is 15.6 Å². The second-order valence-electron chi connectivity index (χ2n) is 15.7. The van der Waals surface area contributed by atoms with Crippen molar-refractivity contribution in [3.05, 3.63) is 113 Å². The molecule has 2 N–H and O–H groups in total. The van der Waals surface area contributed by atoms with Crippen LogP contribution in [0.15, 0.2) is 106 Å². The Labute approximate surface area is 288 Å². The first-order chi connectivity index (χ1) is 22.9. The molecule has 2 spiro atoms. The minimum absolute atomic E-state index is 0.0152. The van der Waals surface area contributed by atoms with Crippen LogP contribution in [0.3, 0.4) is 0 Å². The number of benzene rings is 2. The monoisotopic (exact) mass is 683 g/mol. The number of fused-ring (bicyclic) bond motifs is 1. The molecule has 48 heavy (non-hydrogen) atoms. The van der Waals surface area contributed by atoms with Crippen LogP contribution in [0, 0.1) is 33.5 Å². The van der Waals surface area contributed by atoms with Gasteiger partial charge in [-0.2, -0.15) is 4.31 Å². The van der Waals surface area contributed by atoms with Crippen molar-refractivity contribution in [2.24, 2.45) is 33.5 Å². The van der Waals surface area contributed by atoms with E-state index in [0.29, 0.717) is 24.8 Å². The number of hydrogen-bond acceptors (Lipinski definition) is 6. The SMILES string of the molecule is C[C@]12CC[C@H]3[C@]4(C=C[C@@]5(C=C4C(=O)c4ccccc4)CC(O)CC[C@]35C)[C@@H]1CC[C@@]2(O)CN(Cc1ccccc1)S(=O)(=O)c1cccs1. The summed E-state index contributed by atoms with van der Waals surface area (Å²) in [5, 5.41) is 25.7. The van der Waals surface area contributed by atoms with Gasteiger partial charge >= 0.3 is 0 Å². The molecule has 6 aliphatic rings. The summed E-state index contributed by atoms with van der Waals surface area (Å²) in [5.74, 6) is 0.136. The van der Waals surface area contributed by atoms with Crippen LogP contribution in [0.2, 0.25) is 0 Å². The van der Waals surface area contributed by atoms with Crippen molar-refractivity contribution in [1.29, 1.82) is 0 Å². The maximum atomic E-state index is 14.7. The van der Waals surface area contributed by atoms with Crippen LogP contribution in [0.4, 0.5) is 0 Å². The highest BCUT2D eigenvalue weighted by Gasteiger charge is 2.74. The van der Waals surface area contributed by atoms with Gasteiger partial charge in [0, 0.05) is 40.5 Å². The van der Waals surface area contributed by atoms with E-state index < -0.39 is 38.0 Å². The number of rotatable bonds is 8. The van der Waals surface area contributed by atoms with Crippen LogP contribution in [0.5, 0.6) is 0 Å². The minimum Gasteiger partial charge on any atom is -0.393 e.